The second kappa shape index (κ2) is 10.7. The van der Waals surface area contributed by atoms with Crippen LogP contribution in [0.15, 0.2) is 54.9 Å². The number of amides is 1. The van der Waals surface area contributed by atoms with Crippen molar-refractivity contribution in [2.45, 2.75) is 12.9 Å². The van der Waals surface area contributed by atoms with Gasteiger partial charge < -0.3 is 24.3 Å². The molecule has 2 heterocycles. The van der Waals surface area contributed by atoms with Crippen molar-refractivity contribution in [1.29, 1.82) is 0 Å². The number of hydrogen-bond donors (Lipinski definition) is 1. The molecule has 4 aromatic rings. The molecule has 0 atom stereocenters. The van der Waals surface area contributed by atoms with E-state index in [1.54, 1.807) is 18.2 Å². The van der Waals surface area contributed by atoms with Crippen LogP contribution in [0.4, 0.5) is 23.2 Å². The van der Waals surface area contributed by atoms with Crippen LogP contribution in [0, 0.1) is 5.82 Å². The summed E-state index contributed by atoms with van der Waals surface area (Å²) in [5, 5.41) is 6.88. The molecule has 0 saturated carbocycles. The van der Waals surface area contributed by atoms with Crippen LogP contribution < -0.4 is 19.5 Å². The number of pyridine rings is 1. The van der Waals surface area contributed by atoms with Gasteiger partial charge in [0.1, 0.15) is 19.1 Å². The monoisotopic (exact) mass is 520 g/mol. The second-order valence-electron chi connectivity index (χ2n) is 7.57. The van der Waals surface area contributed by atoms with Gasteiger partial charge in [0.2, 0.25) is 0 Å². The minimum atomic E-state index is -4.47. The number of carbonyl (C=O) groups is 1. The fourth-order valence-corrected chi connectivity index (χ4v) is 3.32. The summed E-state index contributed by atoms with van der Waals surface area (Å²) in [4.78, 5) is 16.7. The van der Waals surface area contributed by atoms with E-state index in [0.29, 0.717) is 28.2 Å². The summed E-state index contributed by atoms with van der Waals surface area (Å²) >= 11 is 0. The summed E-state index contributed by atoms with van der Waals surface area (Å²) in [7, 11) is 2.98. The Morgan fingerprint density at radius 1 is 1.00 bits per heavy atom. The fourth-order valence-electron chi connectivity index (χ4n) is 3.32. The number of nitrogens with zero attached hydrogens (tertiary/aromatic N) is 3. The Bertz CT molecular complexity index is 1420. The van der Waals surface area contributed by atoms with Crippen LogP contribution in [-0.4, -0.2) is 47.7 Å². The molecule has 0 radical (unpaired) electrons. The predicted molar refractivity (Wildman–Crippen MR) is 124 cm³/mol. The molecule has 4 rings (SSSR count). The molecule has 37 heavy (non-hydrogen) atoms. The van der Waals surface area contributed by atoms with Crippen molar-refractivity contribution < 1.29 is 41.3 Å². The maximum atomic E-state index is 14.8. The van der Waals surface area contributed by atoms with Gasteiger partial charge in [0.05, 0.1) is 19.7 Å². The highest BCUT2D eigenvalue weighted by Gasteiger charge is 2.27. The first-order valence-electron chi connectivity index (χ1n) is 10.6. The first-order chi connectivity index (χ1) is 17.7. The summed E-state index contributed by atoms with van der Waals surface area (Å²) in [6.45, 7) is -1.94. The van der Waals surface area contributed by atoms with E-state index in [1.807, 2.05) is 0 Å². The molecule has 0 aliphatic carbocycles. The molecule has 0 aliphatic rings. The molecule has 194 valence electrons. The normalized spacial score (nSPS) is 11.4. The molecule has 0 spiro atoms. The van der Waals surface area contributed by atoms with Crippen LogP contribution in [0.3, 0.4) is 0 Å². The largest absolute Gasteiger partial charge is 0.493 e. The zero-order valence-electron chi connectivity index (χ0n) is 19.5. The van der Waals surface area contributed by atoms with Crippen molar-refractivity contribution in [2.24, 2.45) is 0 Å². The molecule has 13 heteroatoms. The van der Waals surface area contributed by atoms with Crippen LogP contribution in [-0.2, 0) is 11.5 Å². The predicted octanol–water partition coefficient (Wildman–Crippen LogP) is 5.17. The Balaban J connectivity index is 1.45. The molecule has 0 bridgehead atoms. The number of anilines is 1. The van der Waals surface area contributed by atoms with Crippen LogP contribution in [0.5, 0.6) is 23.0 Å². The zero-order chi connectivity index (χ0) is 26.6. The summed E-state index contributed by atoms with van der Waals surface area (Å²) in [6, 6.07) is 10.0. The van der Waals surface area contributed by atoms with Gasteiger partial charge in [-0.1, -0.05) is 0 Å². The van der Waals surface area contributed by atoms with Crippen molar-refractivity contribution in [2.75, 3.05) is 26.1 Å². The van der Waals surface area contributed by atoms with Crippen LogP contribution in [0.2, 0.25) is 0 Å². The number of methoxy groups -OCH3 is 2. The Kier molecular flexibility index (Phi) is 7.43. The molecule has 0 unspecified atom stereocenters. The average molecular weight is 520 g/mol. The van der Waals surface area contributed by atoms with Crippen LogP contribution in [0.1, 0.15) is 10.5 Å². The zero-order valence-corrected chi connectivity index (χ0v) is 19.5. The highest BCUT2D eigenvalue weighted by Crippen LogP contribution is 2.37. The summed E-state index contributed by atoms with van der Waals surface area (Å²) in [6.07, 6.45) is -1.69. The van der Waals surface area contributed by atoms with Gasteiger partial charge in [0, 0.05) is 35.6 Å². The van der Waals surface area contributed by atoms with E-state index in [-0.39, 0.29) is 17.1 Å². The summed E-state index contributed by atoms with van der Waals surface area (Å²) < 4.78 is 73.2. The number of carbonyl (C=O) groups excluding carboxylic acids is 1. The number of ether oxygens (including phenoxy) is 4. The lowest BCUT2D eigenvalue weighted by atomic mass is 10.2. The topological polar surface area (TPSA) is 96.7 Å². The van der Waals surface area contributed by atoms with E-state index in [9.17, 15) is 22.4 Å². The van der Waals surface area contributed by atoms with Gasteiger partial charge in [0.25, 0.3) is 5.91 Å². The minimum absolute atomic E-state index is 0.0935. The molecule has 2 aromatic heterocycles. The van der Waals surface area contributed by atoms with E-state index in [0.717, 1.165) is 10.7 Å². The maximum absolute atomic E-state index is 14.8. The van der Waals surface area contributed by atoms with Gasteiger partial charge in [-0.3, -0.25) is 9.78 Å². The third-order valence-corrected chi connectivity index (χ3v) is 4.98. The van der Waals surface area contributed by atoms with Crippen molar-refractivity contribution in [3.63, 3.8) is 0 Å². The molecule has 0 fully saturated rings. The van der Waals surface area contributed by atoms with Crippen molar-refractivity contribution >= 4 is 22.5 Å². The highest BCUT2D eigenvalue weighted by molar-refractivity contribution is 6.02. The Morgan fingerprint density at radius 2 is 1.76 bits per heavy atom. The molecule has 0 saturated heterocycles. The highest BCUT2D eigenvalue weighted by atomic mass is 19.4. The van der Waals surface area contributed by atoms with Crippen molar-refractivity contribution in [3.05, 3.63) is 66.4 Å². The Labute approximate surface area is 207 Å². The summed E-state index contributed by atoms with van der Waals surface area (Å²) in [5.41, 5.74) is 0.565. The number of halogens is 4. The van der Waals surface area contributed by atoms with Gasteiger partial charge in [-0.05, 0) is 30.3 Å². The number of benzene rings is 2. The lowest BCUT2D eigenvalue weighted by Gasteiger charge is -2.13. The smallest absolute Gasteiger partial charge is 0.411 e. The number of nitrogens with one attached hydrogen (secondary N) is 1. The molecule has 1 N–H and O–H groups in total. The molecule has 0 aliphatic heterocycles. The number of fused-ring (bicyclic) bond motifs is 1. The molecular weight excluding hydrogens is 500 g/mol. The van der Waals surface area contributed by atoms with E-state index in [1.165, 1.54) is 44.8 Å². The average Bonchev–Trinajstić information content (AvgIpc) is 3.33. The number of hydrogen-bond acceptors (Lipinski definition) is 7. The standard InChI is InChI=1S/C24H20F4N4O5/c1-34-21-10-15-18(11-22(21)35-2)29-7-5-19(15)37-20-4-3-14(9-16(20)25)30-23(33)17-6-8-32(31-17)13-36-12-24(26,27)28/h3-11H,12-13H2,1-2H3,(H,30,33). The molecule has 9 nitrogen and oxygen atoms in total. The van der Waals surface area contributed by atoms with Gasteiger partial charge in [0.15, 0.2) is 28.8 Å². The van der Waals surface area contributed by atoms with Gasteiger partial charge in [-0.2, -0.15) is 18.3 Å². The van der Waals surface area contributed by atoms with Gasteiger partial charge in [-0.15, -0.1) is 0 Å². The third kappa shape index (κ3) is 6.25. The lowest BCUT2D eigenvalue weighted by molar-refractivity contribution is -0.182. The summed E-state index contributed by atoms with van der Waals surface area (Å²) in [5.74, 6) is -0.310. The second-order valence-corrected chi connectivity index (χ2v) is 7.57. The first kappa shape index (κ1) is 25.7. The van der Waals surface area contributed by atoms with Gasteiger partial charge in [-0.25, -0.2) is 9.07 Å². The third-order valence-electron chi connectivity index (χ3n) is 4.98. The molecule has 1 amide bonds. The van der Waals surface area contributed by atoms with E-state index in [4.69, 9.17) is 14.2 Å². The Morgan fingerprint density at radius 3 is 2.46 bits per heavy atom. The van der Waals surface area contributed by atoms with Gasteiger partial charge >= 0.3 is 6.18 Å². The fraction of sp³-hybridized carbons (Fsp3) is 0.208. The maximum Gasteiger partial charge on any atom is 0.411 e. The van der Waals surface area contributed by atoms with E-state index in [2.05, 4.69) is 20.1 Å². The lowest BCUT2D eigenvalue weighted by Crippen LogP contribution is -2.19. The van der Waals surface area contributed by atoms with E-state index >= 15 is 0 Å². The SMILES string of the molecule is COc1cc2nccc(Oc3ccc(NC(=O)c4ccn(COCC(F)(F)F)n4)cc3F)c2cc1OC. The minimum Gasteiger partial charge on any atom is -0.493 e. The quantitative estimate of drug-likeness (QED) is 0.304. The van der Waals surface area contributed by atoms with Crippen molar-refractivity contribution in [3.8, 4) is 23.0 Å². The van der Waals surface area contributed by atoms with Crippen LogP contribution in [0.25, 0.3) is 10.9 Å². The van der Waals surface area contributed by atoms with E-state index < -0.39 is 31.2 Å². The van der Waals surface area contributed by atoms with Crippen molar-refractivity contribution in [1.82, 2.24) is 14.8 Å². The number of aromatic nitrogens is 3. The number of rotatable bonds is 9. The molecule has 2 aromatic carbocycles. The molecular formula is C24H20F4N4O5. The number of alkyl halides is 3. The van der Waals surface area contributed by atoms with Crippen LogP contribution >= 0.6 is 0 Å². The first-order valence-corrected chi connectivity index (χ1v) is 10.6. The Hall–Kier alpha value is -4.39.